The van der Waals surface area contributed by atoms with Crippen molar-refractivity contribution in [2.24, 2.45) is 0 Å². The highest BCUT2D eigenvalue weighted by Gasteiger charge is 2.13. The number of pyridine rings is 1. The molecule has 0 saturated heterocycles. The van der Waals surface area contributed by atoms with Crippen molar-refractivity contribution in [3.05, 3.63) is 77.8 Å². The van der Waals surface area contributed by atoms with Gasteiger partial charge in [-0.05, 0) is 31.5 Å². The molecule has 0 spiro atoms. The van der Waals surface area contributed by atoms with Gasteiger partial charge in [-0.15, -0.1) is 0 Å². The van der Waals surface area contributed by atoms with Crippen molar-refractivity contribution in [2.75, 3.05) is 5.43 Å². The lowest BCUT2D eigenvalue weighted by Crippen LogP contribution is -2.30. The maximum absolute atomic E-state index is 12.3. The molecule has 2 aromatic heterocycles. The van der Waals surface area contributed by atoms with Crippen LogP contribution in [-0.4, -0.2) is 15.9 Å². The average molecular weight is 386 g/mol. The van der Waals surface area contributed by atoms with E-state index >= 15 is 0 Å². The molecule has 0 aliphatic carbocycles. The summed E-state index contributed by atoms with van der Waals surface area (Å²) in [6.45, 7) is 3.86. The number of nitrogens with one attached hydrogen (secondary N) is 2. The van der Waals surface area contributed by atoms with E-state index in [1.807, 2.05) is 74.5 Å². The number of aryl methyl sites for hydroxylation is 3. The van der Waals surface area contributed by atoms with Crippen molar-refractivity contribution in [3.63, 3.8) is 0 Å². The van der Waals surface area contributed by atoms with Crippen LogP contribution in [0.5, 0.6) is 0 Å². The zero-order valence-corrected chi connectivity index (χ0v) is 16.4. The van der Waals surface area contributed by atoms with Crippen molar-refractivity contribution in [1.82, 2.24) is 15.4 Å². The summed E-state index contributed by atoms with van der Waals surface area (Å²) < 4.78 is 5.86. The molecule has 6 heteroatoms. The van der Waals surface area contributed by atoms with E-state index in [9.17, 15) is 4.79 Å². The highest BCUT2D eigenvalue weighted by Crippen LogP contribution is 2.24. The molecule has 0 aliphatic rings. The lowest BCUT2D eigenvalue weighted by molar-refractivity contribution is -0.120. The first kappa shape index (κ1) is 18.7. The van der Waals surface area contributed by atoms with Crippen LogP contribution in [-0.2, 0) is 11.2 Å². The summed E-state index contributed by atoms with van der Waals surface area (Å²) >= 11 is 0. The van der Waals surface area contributed by atoms with Crippen molar-refractivity contribution in [1.29, 1.82) is 0 Å². The Kier molecular flexibility index (Phi) is 5.24. The Balaban J connectivity index is 1.36. The van der Waals surface area contributed by atoms with Crippen molar-refractivity contribution in [2.45, 2.75) is 26.7 Å². The standard InChI is InChI=1S/C23H22N4O2/c1-15-14-18-10-6-7-11-19(18)25-23(15)27-26-20(28)12-13-21-24-16(2)22(29-21)17-8-4-3-5-9-17/h3-11,14H,12-13H2,1-2H3,(H,25,27)(H,26,28). The summed E-state index contributed by atoms with van der Waals surface area (Å²) in [5.41, 5.74) is 9.26. The molecule has 0 atom stereocenters. The second kappa shape index (κ2) is 8.14. The Morgan fingerprint density at radius 2 is 1.76 bits per heavy atom. The molecule has 4 rings (SSSR count). The summed E-state index contributed by atoms with van der Waals surface area (Å²) in [5, 5.41) is 1.07. The van der Waals surface area contributed by atoms with Gasteiger partial charge in [0.25, 0.3) is 0 Å². The molecule has 0 fully saturated rings. The van der Waals surface area contributed by atoms with Gasteiger partial charge in [-0.25, -0.2) is 9.97 Å². The van der Waals surface area contributed by atoms with Gasteiger partial charge in [-0.3, -0.25) is 15.6 Å². The Hall–Kier alpha value is -3.67. The van der Waals surface area contributed by atoms with Gasteiger partial charge in [0.15, 0.2) is 11.7 Å². The number of amides is 1. The van der Waals surface area contributed by atoms with Crippen molar-refractivity contribution < 1.29 is 9.21 Å². The molecule has 6 nitrogen and oxygen atoms in total. The molecular formula is C23H22N4O2. The number of nitrogens with zero attached hydrogens (tertiary/aromatic N) is 2. The number of fused-ring (bicyclic) bond motifs is 1. The van der Waals surface area contributed by atoms with Gasteiger partial charge in [0.1, 0.15) is 5.82 Å². The van der Waals surface area contributed by atoms with Crippen molar-refractivity contribution >= 4 is 22.6 Å². The van der Waals surface area contributed by atoms with E-state index < -0.39 is 0 Å². The van der Waals surface area contributed by atoms with Gasteiger partial charge in [0.2, 0.25) is 5.91 Å². The lowest BCUT2D eigenvalue weighted by atomic mass is 10.1. The van der Waals surface area contributed by atoms with E-state index in [0.29, 0.717) is 18.1 Å². The van der Waals surface area contributed by atoms with Crippen LogP contribution < -0.4 is 10.9 Å². The maximum Gasteiger partial charge on any atom is 0.238 e. The van der Waals surface area contributed by atoms with Crippen LogP contribution in [0, 0.1) is 13.8 Å². The minimum absolute atomic E-state index is 0.156. The third-order valence-electron chi connectivity index (χ3n) is 4.68. The van der Waals surface area contributed by atoms with E-state index in [0.717, 1.165) is 33.5 Å². The van der Waals surface area contributed by atoms with Crippen LogP contribution >= 0.6 is 0 Å². The third kappa shape index (κ3) is 4.27. The summed E-state index contributed by atoms with van der Waals surface area (Å²) in [4.78, 5) is 21.3. The van der Waals surface area contributed by atoms with Gasteiger partial charge in [0, 0.05) is 23.8 Å². The van der Waals surface area contributed by atoms with Crippen LogP contribution in [0.25, 0.3) is 22.2 Å². The van der Waals surface area contributed by atoms with Gasteiger partial charge < -0.3 is 4.42 Å². The zero-order chi connectivity index (χ0) is 20.2. The minimum Gasteiger partial charge on any atom is -0.440 e. The number of hydrogen-bond donors (Lipinski definition) is 2. The number of oxazole rings is 1. The molecule has 0 unspecified atom stereocenters. The molecule has 2 N–H and O–H groups in total. The van der Waals surface area contributed by atoms with Crippen LogP contribution in [0.1, 0.15) is 23.6 Å². The topological polar surface area (TPSA) is 80.0 Å². The number of carbonyl (C=O) groups is 1. The van der Waals surface area contributed by atoms with Crippen molar-refractivity contribution in [3.8, 4) is 11.3 Å². The largest absolute Gasteiger partial charge is 0.440 e. The second-order valence-corrected chi connectivity index (χ2v) is 6.91. The monoisotopic (exact) mass is 386 g/mol. The molecule has 2 aromatic carbocycles. The van der Waals surface area contributed by atoms with Crippen LogP contribution in [0.4, 0.5) is 5.82 Å². The fourth-order valence-electron chi connectivity index (χ4n) is 3.18. The van der Waals surface area contributed by atoms with E-state index in [1.54, 1.807) is 0 Å². The molecule has 146 valence electrons. The van der Waals surface area contributed by atoms with Gasteiger partial charge in [0.05, 0.1) is 11.2 Å². The van der Waals surface area contributed by atoms with Crippen LogP contribution in [0.3, 0.4) is 0 Å². The first-order valence-electron chi connectivity index (χ1n) is 9.53. The van der Waals surface area contributed by atoms with E-state index in [-0.39, 0.29) is 12.3 Å². The average Bonchev–Trinajstić information content (AvgIpc) is 3.12. The van der Waals surface area contributed by atoms with E-state index in [4.69, 9.17) is 4.42 Å². The summed E-state index contributed by atoms with van der Waals surface area (Å²) in [6, 6.07) is 19.7. The number of rotatable bonds is 6. The molecule has 0 bridgehead atoms. The zero-order valence-electron chi connectivity index (χ0n) is 16.4. The number of anilines is 1. The fourth-order valence-corrected chi connectivity index (χ4v) is 3.18. The number of carbonyl (C=O) groups excluding carboxylic acids is 1. The highest BCUT2D eigenvalue weighted by molar-refractivity contribution is 5.82. The summed E-state index contributed by atoms with van der Waals surface area (Å²) in [6.07, 6.45) is 0.680. The third-order valence-corrected chi connectivity index (χ3v) is 4.68. The number of hydrazine groups is 1. The maximum atomic E-state index is 12.3. The summed E-state index contributed by atoms with van der Waals surface area (Å²) in [5.74, 6) is 1.78. The van der Waals surface area contributed by atoms with E-state index in [1.165, 1.54) is 0 Å². The Morgan fingerprint density at radius 1 is 1.00 bits per heavy atom. The molecule has 29 heavy (non-hydrogen) atoms. The summed E-state index contributed by atoms with van der Waals surface area (Å²) in [7, 11) is 0. The minimum atomic E-state index is -0.156. The smallest absolute Gasteiger partial charge is 0.238 e. The Bertz CT molecular complexity index is 1150. The molecular weight excluding hydrogens is 364 g/mol. The van der Waals surface area contributed by atoms with Gasteiger partial charge in [-0.1, -0.05) is 48.5 Å². The number of hydrogen-bond acceptors (Lipinski definition) is 5. The normalized spacial score (nSPS) is 10.8. The number of aromatic nitrogens is 2. The highest BCUT2D eigenvalue weighted by atomic mass is 16.4. The number of para-hydroxylation sites is 1. The van der Waals surface area contributed by atoms with Gasteiger partial charge in [-0.2, -0.15) is 0 Å². The quantitative estimate of drug-likeness (QED) is 0.474. The molecule has 2 heterocycles. The molecule has 1 amide bonds. The van der Waals surface area contributed by atoms with Crippen LogP contribution in [0.2, 0.25) is 0 Å². The Labute approximate surface area is 169 Å². The molecule has 0 aliphatic heterocycles. The molecule has 0 saturated carbocycles. The predicted molar refractivity (Wildman–Crippen MR) is 113 cm³/mol. The van der Waals surface area contributed by atoms with E-state index in [2.05, 4.69) is 20.8 Å². The fraction of sp³-hybridized carbons (Fsp3) is 0.174. The Morgan fingerprint density at radius 3 is 2.59 bits per heavy atom. The van der Waals surface area contributed by atoms with Gasteiger partial charge >= 0.3 is 0 Å². The molecule has 0 radical (unpaired) electrons. The predicted octanol–water partition coefficient (Wildman–Crippen LogP) is 4.58. The number of benzene rings is 2. The van der Waals surface area contributed by atoms with Crippen LogP contribution in [0.15, 0.2) is 65.1 Å². The second-order valence-electron chi connectivity index (χ2n) is 6.91. The lowest BCUT2D eigenvalue weighted by Gasteiger charge is -2.11. The molecule has 4 aromatic rings. The first-order valence-corrected chi connectivity index (χ1v) is 9.53. The SMILES string of the molecule is Cc1cc2ccccc2nc1NNC(=O)CCc1nc(C)c(-c2ccccc2)o1. The first-order chi connectivity index (χ1) is 14.1.